The van der Waals surface area contributed by atoms with Gasteiger partial charge in [-0.3, -0.25) is 14.5 Å². The Balaban J connectivity index is 1.64. The van der Waals surface area contributed by atoms with Gasteiger partial charge in [0.2, 0.25) is 5.76 Å². The van der Waals surface area contributed by atoms with E-state index in [1.165, 1.54) is 28.4 Å². The van der Waals surface area contributed by atoms with Crippen LogP contribution in [0, 0.1) is 19.7 Å². The van der Waals surface area contributed by atoms with Gasteiger partial charge in [-0.15, -0.1) is 0 Å². The van der Waals surface area contributed by atoms with Crippen molar-refractivity contribution < 1.29 is 13.6 Å². The molecule has 33 heavy (non-hydrogen) atoms. The van der Waals surface area contributed by atoms with Crippen molar-refractivity contribution in [1.29, 1.82) is 0 Å². The number of rotatable bonds is 2. The van der Waals surface area contributed by atoms with E-state index in [4.69, 9.17) is 9.40 Å². The van der Waals surface area contributed by atoms with Gasteiger partial charge in [0.15, 0.2) is 10.6 Å². The van der Waals surface area contributed by atoms with Crippen LogP contribution in [-0.2, 0) is 0 Å². The van der Waals surface area contributed by atoms with Crippen molar-refractivity contribution in [2.45, 2.75) is 19.9 Å². The normalized spacial score (nSPS) is 15.5. The quantitative estimate of drug-likeness (QED) is 0.331. The number of fused-ring (bicyclic) bond motifs is 3. The third-order valence-electron chi connectivity index (χ3n) is 5.96. The van der Waals surface area contributed by atoms with Crippen molar-refractivity contribution in [2.24, 2.45) is 0 Å². The summed E-state index contributed by atoms with van der Waals surface area (Å²) >= 11 is 1.39. The maximum atomic E-state index is 13.9. The van der Waals surface area contributed by atoms with Gasteiger partial charge in [0.05, 0.1) is 27.2 Å². The third-order valence-corrected chi connectivity index (χ3v) is 6.98. The van der Waals surface area contributed by atoms with Gasteiger partial charge in [-0.05, 0) is 55.3 Å². The van der Waals surface area contributed by atoms with Crippen LogP contribution in [0.2, 0.25) is 0 Å². The van der Waals surface area contributed by atoms with Crippen LogP contribution >= 0.6 is 11.3 Å². The zero-order valence-corrected chi connectivity index (χ0v) is 18.6. The van der Waals surface area contributed by atoms with Crippen LogP contribution in [0.15, 0.2) is 69.9 Å². The molecule has 3 aromatic carbocycles. The number of hydrogen-bond donors (Lipinski definition) is 0. The lowest BCUT2D eigenvalue weighted by Crippen LogP contribution is -2.29. The zero-order chi connectivity index (χ0) is 22.9. The molecule has 0 saturated heterocycles. The lowest BCUT2D eigenvalue weighted by Gasteiger charge is -2.22. The van der Waals surface area contributed by atoms with Crippen molar-refractivity contribution >= 4 is 43.6 Å². The number of carbonyl (C=O) groups is 1. The van der Waals surface area contributed by atoms with Crippen molar-refractivity contribution in [3.8, 4) is 0 Å². The van der Waals surface area contributed by atoms with Crippen molar-refractivity contribution in [1.82, 2.24) is 4.98 Å². The van der Waals surface area contributed by atoms with Crippen LogP contribution < -0.4 is 10.3 Å². The molecule has 162 valence electrons. The molecule has 1 amide bonds. The molecule has 6 rings (SSSR count). The van der Waals surface area contributed by atoms with E-state index in [1.807, 2.05) is 56.3 Å². The van der Waals surface area contributed by atoms with Gasteiger partial charge >= 0.3 is 0 Å². The Morgan fingerprint density at radius 2 is 1.73 bits per heavy atom. The first-order valence-corrected chi connectivity index (χ1v) is 11.3. The fraction of sp³-hybridized carbons (Fsp3) is 0.115. The largest absolute Gasteiger partial charge is 0.450 e. The first-order valence-electron chi connectivity index (χ1n) is 10.4. The Morgan fingerprint density at radius 1 is 0.970 bits per heavy atom. The highest BCUT2D eigenvalue weighted by molar-refractivity contribution is 7.22. The number of anilines is 1. The average Bonchev–Trinajstić information content (AvgIpc) is 3.33. The lowest BCUT2D eigenvalue weighted by atomic mass is 9.98. The topological polar surface area (TPSA) is 63.4 Å². The van der Waals surface area contributed by atoms with Gasteiger partial charge in [-0.2, -0.15) is 0 Å². The SMILES string of the molecule is Cc1ccc(C2c3c(oc4ccc(F)cc4c3=O)C(=O)N2c2nc3ccc(C)cc3s2)cc1. The van der Waals surface area contributed by atoms with Gasteiger partial charge < -0.3 is 4.42 Å². The maximum Gasteiger partial charge on any atom is 0.297 e. The van der Waals surface area contributed by atoms with Crippen molar-refractivity contribution in [3.63, 3.8) is 0 Å². The summed E-state index contributed by atoms with van der Waals surface area (Å²) in [6.07, 6.45) is 0. The van der Waals surface area contributed by atoms with Crippen LogP contribution in [0.25, 0.3) is 21.2 Å². The van der Waals surface area contributed by atoms with Gasteiger partial charge in [-0.25, -0.2) is 9.37 Å². The average molecular weight is 456 g/mol. The molecule has 1 aliphatic rings. The fourth-order valence-electron chi connectivity index (χ4n) is 4.33. The summed E-state index contributed by atoms with van der Waals surface area (Å²) in [5, 5.41) is 0.590. The monoisotopic (exact) mass is 456 g/mol. The van der Waals surface area contributed by atoms with Gasteiger partial charge in [0.25, 0.3) is 5.91 Å². The minimum absolute atomic E-state index is 0.0277. The molecule has 0 saturated carbocycles. The molecule has 2 aromatic heterocycles. The Labute approximate surface area is 191 Å². The highest BCUT2D eigenvalue weighted by Crippen LogP contribution is 2.43. The minimum Gasteiger partial charge on any atom is -0.450 e. The summed E-state index contributed by atoms with van der Waals surface area (Å²) in [6, 6.07) is 16.6. The number of benzene rings is 3. The smallest absolute Gasteiger partial charge is 0.297 e. The Bertz CT molecular complexity index is 1650. The first kappa shape index (κ1) is 19.8. The van der Waals surface area contributed by atoms with Crippen LogP contribution in [0.5, 0.6) is 0 Å². The molecule has 0 N–H and O–H groups in total. The number of aryl methyl sites for hydroxylation is 2. The van der Waals surface area contributed by atoms with E-state index in [9.17, 15) is 14.0 Å². The van der Waals surface area contributed by atoms with Gasteiger partial charge in [0, 0.05) is 0 Å². The van der Waals surface area contributed by atoms with E-state index in [0.29, 0.717) is 5.13 Å². The third kappa shape index (κ3) is 3.00. The van der Waals surface area contributed by atoms with E-state index in [0.717, 1.165) is 33.0 Å². The molecule has 0 fully saturated rings. The van der Waals surface area contributed by atoms with Gasteiger partial charge in [0.1, 0.15) is 11.4 Å². The Morgan fingerprint density at radius 3 is 2.52 bits per heavy atom. The molecule has 5 nitrogen and oxygen atoms in total. The molecule has 0 bridgehead atoms. The first-order chi connectivity index (χ1) is 15.9. The van der Waals surface area contributed by atoms with Crippen LogP contribution in [-0.4, -0.2) is 10.9 Å². The number of nitrogens with zero attached hydrogens (tertiary/aromatic N) is 2. The fourth-order valence-corrected chi connectivity index (χ4v) is 5.42. The molecule has 1 atom stereocenters. The molecule has 0 aliphatic carbocycles. The summed E-state index contributed by atoms with van der Waals surface area (Å²) in [4.78, 5) is 33.4. The lowest BCUT2D eigenvalue weighted by molar-refractivity contribution is 0.0971. The molecular formula is C26H17FN2O3S. The summed E-state index contributed by atoms with van der Waals surface area (Å²) in [5.74, 6) is -1.00. The highest BCUT2D eigenvalue weighted by atomic mass is 32.1. The summed E-state index contributed by atoms with van der Waals surface area (Å²) in [6.45, 7) is 3.97. The van der Waals surface area contributed by atoms with E-state index in [-0.39, 0.29) is 22.3 Å². The Hall–Kier alpha value is -3.84. The van der Waals surface area contributed by atoms with Crippen LogP contribution in [0.4, 0.5) is 9.52 Å². The second kappa shape index (κ2) is 7.08. The predicted molar refractivity (Wildman–Crippen MR) is 127 cm³/mol. The van der Waals surface area contributed by atoms with Crippen molar-refractivity contribution in [3.05, 3.63) is 105 Å². The highest BCUT2D eigenvalue weighted by Gasteiger charge is 2.45. The molecule has 0 radical (unpaired) electrons. The Kier molecular flexibility index (Phi) is 4.25. The predicted octanol–water partition coefficient (Wildman–Crippen LogP) is 5.91. The van der Waals surface area contributed by atoms with E-state index >= 15 is 0 Å². The van der Waals surface area contributed by atoms with E-state index in [2.05, 4.69) is 0 Å². The number of carbonyl (C=O) groups excluding carboxylic acids is 1. The molecule has 5 aromatic rings. The van der Waals surface area contributed by atoms with Gasteiger partial charge in [-0.1, -0.05) is 47.2 Å². The van der Waals surface area contributed by atoms with Crippen LogP contribution in [0.1, 0.15) is 38.9 Å². The molecule has 1 unspecified atom stereocenters. The second-order valence-electron chi connectivity index (χ2n) is 8.27. The maximum absolute atomic E-state index is 13.9. The van der Waals surface area contributed by atoms with E-state index < -0.39 is 23.2 Å². The summed E-state index contributed by atoms with van der Waals surface area (Å²) < 4.78 is 20.8. The number of hydrogen-bond acceptors (Lipinski definition) is 5. The summed E-state index contributed by atoms with van der Waals surface area (Å²) in [5.41, 5.74) is 3.65. The molecule has 0 spiro atoms. The van der Waals surface area contributed by atoms with E-state index in [1.54, 1.807) is 0 Å². The molecule has 7 heteroatoms. The number of halogens is 1. The zero-order valence-electron chi connectivity index (χ0n) is 17.8. The summed E-state index contributed by atoms with van der Waals surface area (Å²) in [7, 11) is 0. The molecule has 1 aliphatic heterocycles. The minimum atomic E-state index is -0.723. The number of aromatic nitrogens is 1. The molecule has 3 heterocycles. The number of thiazole rings is 1. The molecular weight excluding hydrogens is 439 g/mol. The van der Waals surface area contributed by atoms with Crippen molar-refractivity contribution in [2.75, 3.05) is 4.90 Å². The van der Waals surface area contributed by atoms with Crippen LogP contribution in [0.3, 0.4) is 0 Å². The second-order valence-corrected chi connectivity index (χ2v) is 9.28. The number of amides is 1. The standard InChI is InChI=1S/C26H17FN2O3S/c1-13-3-6-15(7-4-13)22-21-23(30)17-12-16(27)8-10-19(17)32-24(21)25(31)29(22)26-28-18-9-5-14(2)11-20(18)33-26/h3-12,22H,1-2H3.